The van der Waals surface area contributed by atoms with E-state index in [4.69, 9.17) is 28.9 Å². The van der Waals surface area contributed by atoms with Gasteiger partial charge in [0.2, 0.25) is 0 Å². The van der Waals surface area contributed by atoms with Crippen LogP contribution in [-0.2, 0) is 0 Å². The Hall–Kier alpha value is -1.62. The summed E-state index contributed by atoms with van der Waals surface area (Å²) in [5.74, 6) is 0.139. The highest BCUT2D eigenvalue weighted by Crippen LogP contribution is 2.32. The molecule has 1 heterocycles. The minimum absolute atomic E-state index is 0.347. The van der Waals surface area contributed by atoms with Crippen LogP contribution in [0.2, 0.25) is 10.0 Å². The Labute approximate surface area is 124 Å². The van der Waals surface area contributed by atoms with Gasteiger partial charge in [-0.1, -0.05) is 29.3 Å². The van der Waals surface area contributed by atoms with Crippen molar-refractivity contribution in [2.24, 2.45) is 5.73 Å². The molecule has 0 aliphatic carbocycles. The lowest BCUT2D eigenvalue weighted by Crippen LogP contribution is -2.14. The molecule has 0 saturated carbocycles. The van der Waals surface area contributed by atoms with Crippen LogP contribution in [0.15, 0.2) is 36.4 Å². The maximum absolute atomic E-state index is 13.2. The molecule has 1 aromatic heterocycles. The van der Waals surface area contributed by atoms with E-state index in [9.17, 15) is 4.39 Å². The number of rotatable bonds is 2. The van der Waals surface area contributed by atoms with Crippen molar-refractivity contribution in [3.05, 3.63) is 63.6 Å². The summed E-state index contributed by atoms with van der Waals surface area (Å²) in [7, 11) is 0. The quantitative estimate of drug-likeness (QED) is 0.750. The number of hydrogen-bond acceptors (Lipinski definition) is 2. The molecule has 2 aromatic carbocycles. The number of aromatic amines is 1. The maximum atomic E-state index is 13.2. The predicted molar refractivity (Wildman–Crippen MR) is 78.5 cm³/mol. The highest BCUT2D eigenvalue weighted by atomic mass is 35.5. The Balaban J connectivity index is 2.10. The van der Waals surface area contributed by atoms with Crippen molar-refractivity contribution in [3.8, 4) is 0 Å². The molecule has 1 unspecified atom stereocenters. The molecule has 3 N–H and O–H groups in total. The van der Waals surface area contributed by atoms with Crippen LogP contribution in [0.25, 0.3) is 11.0 Å². The minimum Gasteiger partial charge on any atom is -0.340 e. The third-order valence-corrected chi connectivity index (χ3v) is 3.73. The molecule has 3 aromatic rings. The van der Waals surface area contributed by atoms with E-state index in [2.05, 4.69) is 9.97 Å². The van der Waals surface area contributed by atoms with Gasteiger partial charge in [0.1, 0.15) is 11.6 Å². The summed E-state index contributed by atoms with van der Waals surface area (Å²) in [4.78, 5) is 7.35. The molecule has 0 saturated heterocycles. The van der Waals surface area contributed by atoms with E-state index in [0.717, 1.165) is 0 Å². The molecule has 20 heavy (non-hydrogen) atoms. The largest absolute Gasteiger partial charge is 0.340 e. The van der Waals surface area contributed by atoms with Gasteiger partial charge < -0.3 is 10.7 Å². The predicted octanol–water partition coefficient (Wildman–Crippen LogP) is 4.06. The van der Waals surface area contributed by atoms with E-state index in [1.54, 1.807) is 24.3 Å². The summed E-state index contributed by atoms with van der Waals surface area (Å²) in [5, 5.41) is 0.938. The molecule has 0 aliphatic heterocycles. The SMILES string of the molecule is NC(c1nc2cc(F)ccc2[nH]1)c1c(Cl)cccc1Cl. The number of halogens is 3. The van der Waals surface area contributed by atoms with Crippen molar-refractivity contribution in [3.63, 3.8) is 0 Å². The second-order valence-electron chi connectivity index (χ2n) is 4.40. The van der Waals surface area contributed by atoms with Crippen molar-refractivity contribution in [1.82, 2.24) is 9.97 Å². The number of nitrogens with two attached hydrogens (primary N) is 1. The lowest BCUT2D eigenvalue weighted by molar-refractivity contribution is 0.629. The van der Waals surface area contributed by atoms with Gasteiger partial charge in [-0.25, -0.2) is 9.37 Å². The molecule has 0 aliphatic rings. The Morgan fingerprint density at radius 1 is 1.15 bits per heavy atom. The van der Waals surface area contributed by atoms with Gasteiger partial charge in [0.25, 0.3) is 0 Å². The van der Waals surface area contributed by atoms with Crippen molar-refractivity contribution in [1.29, 1.82) is 0 Å². The molecule has 0 radical (unpaired) electrons. The van der Waals surface area contributed by atoms with E-state index >= 15 is 0 Å². The third-order valence-electron chi connectivity index (χ3n) is 3.07. The van der Waals surface area contributed by atoms with Gasteiger partial charge in [-0.2, -0.15) is 0 Å². The number of aromatic nitrogens is 2. The zero-order chi connectivity index (χ0) is 14.3. The summed E-state index contributed by atoms with van der Waals surface area (Å²) in [6.07, 6.45) is 0. The molecule has 3 nitrogen and oxygen atoms in total. The minimum atomic E-state index is -0.605. The third kappa shape index (κ3) is 2.26. The normalized spacial score (nSPS) is 12.8. The van der Waals surface area contributed by atoms with E-state index in [1.807, 2.05) is 0 Å². The fraction of sp³-hybridized carbons (Fsp3) is 0.0714. The van der Waals surface area contributed by atoms with Crippen LogP contribution < -0.4 is 5.73 Å². The first kappa shape index (κ1) is 13.4. The van der Waals surface area contributed by atoms with Crippen LogP contribution >= 0.6 is 23.2 Å². The van der Waals surface area contributed by atoms with Crippen molar-refractivity contribution in [2.45, 2.75) is 6.04 Å². The van der Waals surface area contributed by atoms with Crippen molar-refractivity contribution < 1.29 is 4.39 Å². The summed E-state index contributed by atoms with van der Waals surface area (Å²) in [6.45, 7) is 0. The van der Waals surface area contributed by atoms with Gasteiger partial charge in [0.15, 0.2) is 0 Å². The van der Waals surface area contributed by atoms with Gasteiger partial charge in [0.05, 0.1) is 17.1 Å². The zero-order valence-corrected chi connectivity index (χ0v) is 11.7. The number of imidazole rings is 1. The molecule has 0 amide bonds. The smallest absolute Gasteiger partial charge is 0.128 e. The number of nitrogens with one attached hydrogen (secondary N) is 1. The van der Waals surface area contributed by atoms with E-state index in [-0.39, 0.29) is 5.82 Å². The van der Waals surface area contributed by atoms with Gasteiger partial charge in [0, 0.05) is 21.7 Å². The van der Waals surface area contributed by atoms with E-state index < -0.39 is 6.04 Å². The fourth-order valence-electron chi connectivity index (χ4n) is 2.09. The highest BCUT2D eigenvalue weighted by molar-refractivity contribution is 6.36. The van der Waals surface area contributed by atoms with Crippen LogP contribution in [0, 0.1) is 5.82 Å². The summed E-state index contributed by atoms with van der Waals surface area (Å²) in [5.41, 5.74) is 7.98. The fourth-order valence-corrected chi connectivity index (χ4v) is 2.72. The summed E-state index contributed by atoms with van der Waals surface area (Å²) >= 11 is 12.3. The maximum Gasteiger partial charge on any atom is 0.128 e. The van der Waals surface area contributed by atoms with Crippen LogP contribution in [0.5, 0.6) is 0 Å². The Morgan fingerprint density at radius 2 is 1.85 bits per heavy atom. The van der Waals surface area contributed by atoms with Crippen LogP contribution in [0.4, 0.5) is 4.39 Å². The number of nitrogens with zero attached hydrogens (tertiary/aromatic N) is 1. The topological polar surface area (TPSA) is 54.7 Å². The van der Waals surface area contributed by atoms with Gasteiger partial charge in [-0.05, 0) is 24.3 Å². The average molecular weight is 310 g/mol. The van der Waals surface area contributed by atoms with Gasteiger partial charge in [-0.3, -0.25) is 0 Å². The Kier molecular flexibility index (Phi) is 3.38. The number of hydrogen-bond donors (Lipinski definition) is 2. The van der Waals surface area contributed by atoms with Gasteiger partial charge >= 0.3 is 0 Å². The highest BCUT2D eigenvalue weighted by Gasteiger charge is 2.19. The monoisotopic (exact) mass is 309 g/mol. The van der Waals surface area contributed by atoms with Crippen LogP contribution in [0.1, 0.15) is 17.4 Å². The van der Waals surface area contributed by atoms with Crippen LogP contribution in [0.3, 0.4) is 0 Å². The van der Waals surface area contributed by atoms with Crippen molar-refractivity contribution >= 4 is 34.2 Å². The number of benzene rings is 2. The Morgan fingerprint density at radius 3 is 2.55 bits per heavy atom. The summed E-state index contributed by atoms with van der Waals surface area (Å²) in [6, 6.07) is 8.88. The first-order valence-corrected chi connectivity index (χ1v) is 6.66. The van der Waals surface area contributed by atoms with Crippen LogP contribution in [-0.4, -0.2) is 9.97 Å². The second-order valence-corrected chi connectivity index (χ2v) is 5.21. The second kappa shape index (κ2) is 5.05. The van der Waals surface area contributed by atoms with E-state index in [1.165, 1.54) is 12.1 Å². The molecule has 6 heteroatoms. The van der Waals surface area contributed by atoms with Crippen molar-refractivity contribution in [2.75, 3.05) is 0 Å². The number of H-pyrrole nitrogens is 1. The summed E-state index contributed by atoms with van der Waals surface area (Å²) < 4.78 is 13.2. The number of fused-ring (bicyclic) bond motifs is 1. The molecule has 0 fully saturated rings. The molecular weight excluding hydrogens is 300 g/mol. The zero-order valence-electron chi connectivity index (χ0n) is 10.2. The molecule has 102 valence electrons. The molecule has 0 bridgehead atoms. The first-order valence-electron chi connectivity index (χ1n) is 5.91. The molecular formula is C14H10Cl2FN3. The van der Waals surface area contributed by atoms with E-state index in [0.29, 0.717) is 32.5 Å². The molecule has 0 spiro atoms. The standard InChI is InChI=1S/C14H10Cl2FN3/c15-8-2-1-3-9(16)12(8)13(18)14-19-10-5-4-7(17)6-11(10)20-14/h1-6,13H,18H2,(H,19,20). The molecule has 3 rings (SSSR count). The lowest BCUT2D eigenvalue weighted by Gasteiger charge is -2.12. The molecule has 1 atom stereocenters. The lowest BCUT2D eigenvalue weighted by atomic mass is 10.1. The Bertz CT molecular complexity index is 765. The average Bonchev–Trinajstić information content (AvgIpc) is 2.81. The van der Waals surface area contributed by atoms with Gasteiger partial charge in [-0.15, -0.1) is 0 Å². The first-order chi connectivity index (χ1) is 9.56.